The van der Waals surface area contributed by atoms with Crippen molar-refractivity contribution in [3.8, 4) is 5.75 Å². The van der Waals surface area contributed by atoms with Crippen molar-refractivity contribution in [2.24, 2.45) is 0 Å². The van der Waals surface area contributed by atoms with Gasteiger partial charge in [0.05, 0.1) is 0 Å². The molecule has 4 nitrogen and oxygen atoms in total. The molecule has 1 aromatic heterocycles. The number of phenolic OH excluding ortho intramolecular Hbond substituents is 1. The third-order valence-electron chi connectivity index (χ3n) is 3.15. The molecule has 0 radical (unpaired) electrons. The fourth-order valence-electron chi connectivity index (χ4n) is 2.24. The van der Waals surface area contributed by atoms with Crippen molar-refractivity contribution in [3.05, 3.63) is 30.5 Å². The minimum atomic E-state index is 0.276. The number of aromatic hydroxyl groups is 1. The molecule has 1 aromatic carbocycles. The first-order valence-corrected chi connectivity index (χ1v) is 5.88. The van der Waals surface area contributed by atoms with Crippen molar-refractivity contribution in [3.63, 3.8) is 0 Å². The van der Waals surface area contributed by atoms with Gasteiger partial charge in [0, 0.05) is 24.2 Å². The summed E-state index contributed by atoms with van der Waals surface area (Å²) >= 11 is 0. The summed E-state index contributed by atoms with van der Waals surface area (Å²) in [4.78, 5) is 4.36. The summed E-state index contributed by atoms with van der Waals surface area (Å²) in [7, 11) is 0. The highest BCUT2D eigenvalue weighted by Crippen LogP contribution is 2.25. The van der Waals surface area contributed by atoms with E-state index in [4.69, 9.17) is 0 Å². The predicted molar refractivity (Wildman–Crippen MR) is 68.3 cm³/mol. The van der Waals surface area contributed by atoms with E-state index in [2.05, 4.69) is 15.6 Å². The zero-order valence-corrected chi connectivity index (χ0v) is 9.48. The van der Waals surface area contributed by atoms with Crippen molar-refractivity contribution in [1.29, 1.82) is 0 Å². The number of anilines is 1. The van der Waals surface area contributed by atoms with Gasteiger partial charge in [-0.15, -0.1) is 0 Å². The lowest BCUT2D eigenvalue weighted by Gasteiger charge is -2.14. The second-order valence-corrected chi connectivity index (χ2v) is 4.40. The number of nitrogens with zero attached hydrogens (tertiary/aromatic N) is 1. The van der Waals surface area contributed by atoms with Crippen LogP contribution in [-0.2, 0) is 0 Å². The Balaban J connectivity index is 1.99. The van der Waals surface area contributed by atoms with Crippen molar-refractivity contribution < 1.29 is 5.11 Å². The molecule has 1 aliphatic rings. The maximum atomic E-state index is 9.55. The van der Waals surface area contributed by atoms with Gasteiger partial charge in [-0.1, -0.05) is 6.07 Å². The van der Waals surface area contributed by atoms with E-state index in [0.29, 0.717) is 6.04 Å². The van der Waals surface area contributed by atoms with E-state index in [1.54, 1.807) is 18.3 Å². The van der Waals surface area contributed by atoms with Crippen LogP contribution >= 0.6 is 0 Å². The molecule has 1 fully saturated rings. The SMILES string of the molecule is Oc1ccc2ccnc(NC3CCNC3)c2c1. The molecule has 1 atom stereocenters. The molecule has 3 rings (SSSR count). The Morgan fingerprint density at radius 1 is 1.35 bits per heavy atom. The number of rotatable bonds is 2. The van der Waals surface area contributed by atoms with E-state index >= 15 is 0 Å². The van der Waals surface area contributed by atoms with Crippen LogP contribution in [0.2, 0.25) is 0 Å². The number of hydrogen-bond donors (Lipinski definition) is 3. The molecular formula is C13H15N3O. The van der Waals surface area contributed by atoms with E-state index in [1.807, 2.05) is 12.1 Å². The fourth-order valence-corrected chi connectivity index (χ4v) is 2.24. The standard InChI is InChI=1S/C13H15N3O/c17-11-2-1-9-3-6-15-13(12(9)7-11)16-10-4-5-14-8-10/h1-3,6-7,10,14,17H,4-5,8H2,(H,15,16). The zero-order chi connectivity index (χ0) is 11.7. The third kappa shape index (κ3) is 2.03. The summed E-state index contributed by atoms with van der Waals surface area (Å²) in [6.45, 7) is 2.02. The van der Waals surface area contributed by atoms with E-state index < -0.39 is 0 Å². The van der Waals surface area contributed by atoms with E-state index in [1.165, 1.54) is 0 Å². The average Bonchev–Trinajstić information content (AvgIpc) is 2.83. The molecule has 0 bridgehead atoms. The third-order valence-corrected chi connectivity index (χ3v) is 3.15. The fraction of sp³-hybridized carbons (Fsp3) is 0.308. The molecule has 2 heterocycles. The smallest absolute Gasteiger partial charge is 0.134 e. The lowest BCUT2D eigenvalue weighted by atomic mass is 10.1. The molecule has 0 aliphatic carbocycles. The summed E-state index contributed by atoms with van der Waals surface area (Å²) in [5.74, 6) is 1.13. The zero-order valence-electron chi connectivity index (χ0n) is 9.48. The first-order valence-electron chi connectivity index (χ1n) is 5.88. The summed E-state index contributed by atoms with van der Waals surface area (Å²) in [6.07, 6.45) is 2.90. The highest BCUT2D eigenvalue weighted by molar-refractivity contribution is 5.92. The van der Waals surface area contributed by atoms with Crippen LogP contribution in [0.1, 0.15) is 6.42 Å². The number of aromatic nitrogens is 1. The van der Waals surface area contributed by atoms with Crippen LogP contribution in [-0.4, -0.2) is 29.2 Å². The molecule has 0 spiro atoms. The lowest BCUT2D eigenvalue weighted by molar-refractivity contribution is 0.476. The number of fused-ring (bicyclic) bond motifs is 1. The van der Waals surface area contributed by atoms with Crippen molar-refractivity contribution >= 4 is 16.6 Å². The Morgan fingerprint density at radius 2 is 2.29 bits per heavy atom. The van der Waals surface area contributed by atoms with Crippen LogP contribution in [0.5, 0.6) is 5.75 Å². The second-order valence-electron chi connectivity index (χ2n) is 4.40. The number of phenols is 1. The highest BCUT2D eigenvalue weighted by atomic mass is 16.3. The summed E-state index contributed by atoms with van der Waals surface area (Å²) in [5, 5.41) is 18.3. The summed E-state index contributed by atoms with van der Waals surface area (Å²) in [5.41, 5.74) is 0. The minimum absolute atomic E-state index is 0.276. The predicted octanol–water partition coefficient (Wildman–Crippen LogP) is 1.71. The maximum absolute atomic E-state index is 9.55. The maximum Gasteiger partial charge on any atom is 0.134 e. The van der Waals surface area contributed by atoms with Crippen LogP contribution < -0.4 is 10.6 Å². The molecular weight excluding hydrogens is 214 g/mol. The van der Waals surface area contributed by atoms with Crippen molar-refractivity contribution in [2.45, 2.75) is 12.5 Å². The number of nitrogens with one attached hydrogen (secondary N) is 2. The van der Waals surface area contributed by atoms with E-state index in [0.717, 1.165) is 36.1 Å². The lowest BCUT2D eigenvalue weighted by Crippen LogP contribution is -2.22. The normalized spacial score (nSPS) is 19.6. The molecule has 88 valence electrons. The number of benzene rings is 1. The van der Waals surface area contributed by atoms with Gasteiger partial charge in [-0.2, -0.15) is 0 Å². The Kier molecular flexibility index (Phi) is 2.57. The topological polar surface area (TPSA) is 57.2 Å². The monoisotopic (exact) mass is 229 g/mol. The van der Waals surface area contributed by atoms with Crippen LogP contribution in [0.25, 0.3) is 10.8 Å². The summed E-state index contributed by atoms with van der Waals surface area (Å²) < 4.78 is 0. The minimum Gasteiger partial charge on any atom is -0.508 e. The molecule has 0 saturated carbocycles. The molecule has 1 unspecified atom stereocenters. The molecule has 0 amide bonds. The molecule has 1 aliphatic heterocycles. The van der Waals surface area contributed by atoms with Crippen LogP contribution in [0.4, 0.5) is 5.82 Å². The van der Waals surface area contributed by atoms with Gasteiger partial charge in [0.1, 0.15) is 11.6 Å². The Bertz CT molecular complexity index is 535. The summed E-state index contributed by atoms with van der Waals surface area (Å²) in [6, 6.07) is 7.74. The molecule has 4 heteroatoms. The number of hydrogen-bond acceptors (Lipinski definition) is 4. The van der Waals surface area contributed by atoms with Crippen molar-refractivity contribution in [2.75, 3.05) is 18.4 Å². The Morgan fingerprint density at radius 3 is 3.12 bits per heavy atom. The molecule has 2 aromatic rings. The first kappa shape index (κ1) is 10.4. The molecule has 3 N–H and O–H groups in total. The Hall–Kier alpha value is -1.81. The van der Waals surface area contributed by atoms with Crippen LogP contribution in [0, 0.1) is 0 Å². The first-order chi connectivity index (χ1) is 8.33. The molecule has 1 saturated heterocycles. The van der Waals surface area contributed by atoms with Gasteiger partial charge in [0.15, 0.2) is 0 Å². The second kappa shape index (κ2) is 4.22. The van der Waals surface area contributed by atoms with Gasteiger partial charge < -0.3 is 15.7 Å². The number of pyridine rings is 1. The largest absolute Gasteiger partial charge is 0.508 e. The average molecular weight is 229 g/mol. The van der Waals surface area contributed by atoms with Gasteiger partial charge in [0.25, 0.3) is 0 Å². The van der Waals surface area contributed by atoms with Gasteiger partial charge in [-0.05, 0) is 36.6 Å². The van der Waals surface area contributed by atoms with Gasteiger partial charge in [-0.3, -0.25) is 0 Å². The van der Waals surface area contributed by atoms with E-state index in [9.17, 15) is 5.11 Å². The Labute approximate surface area is 99.7 Å². The molecule has 17 heavy (non-hydrogen) atoms. The van der Waals surface area contributed by atoms with Gasteiger partial charge in [0.2, 0.25) is 0 Å². The highest BCUT2D eigenvalue weighted by Gasteiger charge is 2.15. The quantitative estimate of drug-likeness (QED) is 0.734. The van der Waals surface area contributed by atoms with Crippen LogP contribution in [0.15, 0.2) is 30.5 Å². The van der Waals surface area contributed by atoms with Crippen LogP contribution in [0.3, 0.4) is 0 Å². The van der Waals surface area contributed by atoms with Gasteiger partial charge in [-0.25, -0.2) is 4.98 Å². The van der Waals surface area contributed by atoms with E-state index in [-0.39, 0.29) is 5.75 Å². The van der Waals surface area contributed by atoms with Gasteiger partial charge >= 0.3 is 0 Å². The van der Waals surface area contributed by atoms with Crippen molar-refractivity contribution in [1.82, 2.24) is 10.3 Å².